The number of benzene rings is 2. The predicted octanol–water partition coefficient (Wildman–Crippen LogP) is 4.65. The number of aromatic nitrogens is 1. The Morgan fingerprint density at radius 3 is 2.78 bits per heavy atom. The molecule has 3 aromatic rings. The number of nitro benzene ring substituents is 1. The standard InChI is InChI=1S/C19H17N3O4S/c1-2-11-26-15-7-3-13(4-8-15)5-10-18(23)21-19-20-16-9-6-14(22(24)25)12-17(16)27-19/h3-10,12H,2,11H2,1H3,(H,20,21,23)/b10-5+. The molecular formula is C19H17N3O4S. The summed E-state index contributed by atoms with van der Waals surface area (Å²) >= 11 is 1.19. The van der Waals surface area contributed by atoms with E-state index in [1.54, 1.807) is 12.1 Å². The number of hydrogen-bond donors (Lipinski definition) is 1. The van der Waals surface area contributed by atoms with Gasteiger partial charge in [-0.05, 0) is 36.3 Å². The average molecular weight is 383 g/mol. The van der Waals surface area contributed by atoms with Gasteiger partial charge in [0.1, 0.15) is 5.75 Å². The van der Waals surface area contributed by atoms with Crippen molar-refractivity contribution in [3.63, 3.8) is 0 Å². The number of non-ortho nitro benzene ring substituents is 1. The van der Waals surface area contributed by atoms with Gasteiger partial charge >= 0.3 is 0 Å². The van der Waals surface area contributed by atoms with Gasteiger partial charge < -0.3 is 4.74 Å². The van der Waals surface area contributed by atoms with E-state index in [2.05, 4.69) is 10.3 Å². The summed E-state index contributed by atoms with van der Waals surface area (Å²) in [5, 5.41) is 13.9. The van der Waals surface area contributed by atoms with Crippen LogP contribution in [-0.2, 0) is 4.79 Å². The van der Waals surface area contributed by atoms with Crippen LogP contribution in [0.3, 0.4) is 0 Å². The topological polar surface area (TPSA) is 94.4 Å². The molecule has 1 amide bonds. The number of thiazole rings is 1. The van der Waals surface area contributed by atoms with Crippen LogP contribution in [0.15, 0.2) is 48.5 Å². The van der Waals surface area contributed by atoms with Gasteiger partial charge in [0.15, 0.2) is 5.13 Å². The lowest BCUT2D eigenvalue weighted by Crippen LogP contribution is -2.07. The Bertz CT molecular complexity index is 996. The molecule has 27 heavy (non-hydrogen) atoms. The summed E-state index contributed by atoms with van der Waals surface area (Å²) in [6.07, 6.45) is 4.05. The van der Waals surface area contributed by atoms with E-state index in [-0.39, 0.29) is 11.6 Å². The normalized spacial score (nSPS) is 11.0. The fourth-order valence-corrected chi connectivity index (χ4v) is 3.20. The molecule has 0 radical (unpaired) electrons. The zero-order valence-corrected chi connectivity index (χ0v) is 15.4. The number of nitrogens with one attached hydrogen (secondary N) is 1. The monoisotopic (exact) mass is 383 g/mol. The van der Waals surface area contributed by atoms with E-state index in [0.717, 1.165) is 17.7 Å². The molecule has 0 saturated carbocycles. The highest BCUT2D eigenvalue weighted by atomic mass is 32.1. The van der Waals surface area contributed by atoms with E-state index < -0.39 is 4.92 Å². The number of nitro groups is 1. The molecule has 0 unspecified atom stereocenters. The van der Waals surface area contributed by atoms with Crippen molar-refractivity contribution in [3.05, 3.63) is 64.2 Å². The van der Waals surface area contributed by atoms with E-state index in [1.165, 1.54) is 29.5 Å². The zero-order valence-electron chi connectivity index (χ0n) is 14.5. The molecule has 0 fully saturated rings. The fourth-order valence-electron chi connectivity index (χ4n) is 2.29. The zero-order chi connectivity index (χ0) is 19.2. The molecule has 138 valence electrons. The minimum absolute atomic E-state index is 0.00437. The highest BCUT2D eigenvalue weighted by Gasteiger charge is 2.11. The SMILES string of the molecule is CCCOc1ccc(/C=C/C(=O)Nc2nc3ccc([N+](=O)[O-])cc3s2)cc1. The van der Waals surface area contributed by atoms with E-state index >= 15 is 0 Å². The maximum Gasteiger partial charge on any atom is 0.270 e. The smallest absolute Gasteiger partial charge is 0.270 e. The van der Waals surface area contributed by atoms with Gasteiger partial charge in [-0.25, -0.2) is 4.98 Å². The van der Waals surface area contributed by atoms with Gasteiger partial charge in [0, 0.05) is 18.2 Å². The molecule has 1 aromatic heterocycles. The molecule has 0 aliphatic carbocycles. The first kappa shape index (κ1) is 18.5. The number of carbonyl (C=O) groups excluding carboxylic acids is 1. The van der Waals surface area contributed by atoms with Gasteiger partial charge in [-0.3, -0.25) is 20.2 Å². The predicted molar refractivity (Wildman–Crippen MR) is 106 cm³/mol. The number of anilines is 1. The number of fused-ring (bicyclic) bond motifs is 1. The molecule has 0 aliphatic heterocycles. The van der Waals surface area contributed by atoms with E-state index in [0.29, 0.717) is 22.0 Å². The van der Waals surface area contributed by atoms with Crippen molar-refractivity contribution < 1.29 is 14.5 Å². The van der Waals surface area contributed by atoms with Crippen LogP contribution in [0, 0.1) is 10.1 Å². The third-order valence-corrected chi connectivity index (χ3v) is 4.53. The quantitative estimate of drug-likeness (QED) is 0.364. The second-order valence-corrected chi connectivity index (χ2v) is 6.70. The summed E-state index contributed by atoms with van der Waals surface area (Å²) < 4.78 is 6.16. The molecule has 0 spiro atoms. The molecule has 0 saturated heterocycles. The summed E-state index contributed by atoms with van der Waals surface area (Å²) in [5.41, 5.74) is 1.47. The molecule has 0 atom stereocenters. The van der Waals surface area contributed by atoms with Crippen LogP contribution < -0.4 is 10.1 Å². The molecule has 0 aliphatic rings. The van der Waals surface area contributed by atoms with E-state index in [1.807, 2.05) is 31.2 Å². The molecular weight excluding hydrogens is 366 g/mol. The number of carbonyl (C=O) groups is 1. The molecule has 0 bridgehead atoms. The fraction of sp³-hybridized carbons (Fsp3) is 0.158. The number of nitrogens with zero attached hydrogens (tertiary/aromatic N) is 2. The molecule has 7 nitrogen and oxygen atoms in total. The second-order valence-electron chi connectivity index (χ2n) is 5.67. The third-order valence-electron chi connectivity index (χ3n) is 3.59. The van der Waals surface area contributed by atoms with Gasteiger partial charge in [0.2, 0.25) is 5.91 Å². The second kappa shape index (κ2) is 8.41. The summed E-state index contributed by atoms with van der Waals surface area (Å²) in [6, 6.07) is 11.8. The Morgan fingerprint density at radius 1 is 1.30 bits per heavy atom. The van der Waals surface area contributed by atoms with Crippen LogP contribution in [0.25, 0.3) is 16.3 Å². The van der Waals surface area contributed by atoms with Crippen LogP contribution in [0.1, 0.15) is 18.9 Å². The van der Waals surface area contributed by atoms with Crippen molar-refractivity contribution in [2.24, 2.45) is 0 Å². The van der Waals surface area contributed by atoms with Gasteiger partial charge in [-0.1, -0.05) is 30.4 Å². The Kier molecular flexibility index (Phi) is 5.77. The number of amides is 1. The van der Waals surface area contributed by atoms with Crippen LogP contribution in [0.5, 0.6) is 5.75 Å². The first-order chi connectivity index (χ1) is 13.0. The van der Waals surface area contributed by atoms with E-state index in [9.17, 15) is 14.9 Å². The van der Waals surface area contributed by atoms with Crippen molar-refractivity contribution in [2.75, 3.05) is 11.9 Å². The first-order valence-corrected chi connectivity index (χ1v) is 9.13. The van der Waals surface area contributed by atoms with Crippen LogP contribution in [-0.4, -0.2) is 22.4 Å². The summed E-state index contributed by atoms with van der Waals surface area (Å²) in [4.78, 5) is 26.7. The molecule has 8 heteroatoms. The Hall–Kier alpha value is -3.26. The summed E-state index contributed by atoms with van der Waals surface area (Å²) in [5.74, 6) is 0.469. The lowest BCUT2D eigenvalue weighted by Gasteiger charge is -2.03. The summed E-state index contributed by atoms with van der Waals surface area (Å²) in [7, 11) is 0. The lowest BCUT2D eigenvalue weighted by molar-refractivity contribution is -0.384. The molecule has 2 aromatic carbocycles. The Balaban J connectivity index is 1.64. The minimum atomic E-state index is -0.460. The van der Waals surface area contributed by atoms with Crippen LogP contribution >= 0.6 is 11.3 Å². The maximum absolute atomic E-state index is 12.1. The van der Waals surface area contributed by atoms with E-state index in [4.69, 9.17) is 4.74 Å². The van der Waals surface area contributed by atoms with Crippen molar-refractivity contribution in [1.82, 2.24) is 4.98 Å². The Labute approximate surface area is 159 Å². The number of rotatable bonds is 7. The minimum Gasteiger partial charge on any atom is -0.494 e. The van der Waals surface area contributed by atoms with Crippen molar-refractivity contribution in [1.29, 1.82) is 0 Å². The highest BCUT2D eigenvalue weighted by molar-refractivity contribution is 7.22. The van der Waals surface area contributed by atoms with Crippen molar-refractivity contribution in [2.45, 2.75) is 13.3 Å². The number of hydrogen-bond acceptors (Lipinski definition) is 6. The molecule has 3 rings (SSSR count). The van der Waals surface area contributed by atoms with Crippen LogP contribution in [0.4, 0.5) is 10.8 Å². The first-order valence-electron chi connectivity index (χ1n) is 8.32. The molecule has 1 N–H and O–H groups in total. The molecule has 1 heterocycles. The Morgan fingerprint density at radius 2 is 2.07 bits per heavy atom. The number of ether oxygens (including phenoxy) is 1. The highest BCUT2D eigenvalue weighted by Crippen LogP contribution is 2.29. The lowest BCUT2D eigenvalue weighted by atomic mass is 10.2. The average Bonchev–Trinajstić information content (AvgIpc) is 3.06. The largest absolute Gasteiger partial charge is 0.494 e. The van der Waals surface area contributed by atoms with Gasteiger partial charge in [-0.2, -0.15) is 0 Å². The van der Waals surface area contributed by atoms with Crippen LogP contribution in [0.2, 0.25) is 0 Å². The van der Waals surface area contributed by atoms with Gasteiger partial charge in [0.05, 0.1) is 21.7 Å². The van der Waals surface area contributed by atoms with Gasteiger partial charge in [0.25, 0.3) is 5.69 Å². The van der Waals surface area contributed by atoms with Gasteiger partial charge in [-0.15, -0.1) is 0 Å². The third kappa shape index (κ3) is 4.89. The van der Waals surface area contributed by atoms with Crippen molar-refractivity contribution >= 4 is 44.4 Å². The van der Waals surface area contributed by atoms with Crippen molar-refractivity contribution in [3.8, 4) is 5.75 Å². The summed E-state index contributed by atoms with van der Waals surface area (Å²) in [6.45, 7) is 2.71. The maximum atomic E-state index is 12.1.